The molecule has 1 aliphatic heterocycles. The van der Waals surface area contributed by atoms with E-state index in [1.165, 1.54) is 25.4 Å². The van der Waals surface area contributed by atoms with Crippen LogP contribution in [0.1, 0.15) is 11.1 Å². The highest BCUT2D eigenvalue weighted by atomic mass is 32.1. The molecule has 0 saturated carbocycles. The predicted molar refractivity (Wildman–Crippen MR) is 130 cm³/mol. The Morgan fingerprint density at radius 2 is 1.89 bits per heavy atom. The predicted octanol–water partition coefficient (Wildman–Crippen LogP) is 1.91. The molecule has 1 atom stereocenters. The molecule has 0 bridgehead atoms. The van der Waals surface area contributed by atoms with Gasteiger partial charge in [-0.2, -0.15) is 0 Å². The summed E-state index contributed by atoms with van der Waals surface area (Å²) in [4.78, 5) is 56.4. The van der Waals surface area contributed by atoms with Gasteiger partial charge >= 0.3 is 11.7 Å². The maximum atomic E-state index is 13.2. The summed E-state index contributed by atoms with van der Waals surface area (Å²) in [5.74, 6) is -0.657. The Balaban J connectivity index is 1.26. The molecule has 35 heavy (non-hydrogen) atoms. The molecular weight excluding hydrogens is 468 g/mol. The number of carbonyl (C=O) groups excluding carboxylic acids is 3. The minimum Gasteiger partial charge on any atom is -0.325 e. The van der Waals surface area contributed by atoms with Crippen molar-refractivity contribution in [1.29, 1.82) is 0 Å². The van der Waals surface area contributed by atoms with Crippen molar-refractivity contribution in [3.8, 4) is 5.13 Å². The van der Waals surface area contributed by atoms with Gasteiger partial charge in [0.2, 0.25) is 5.91 Å². The fourth-order valence-electron chi connectivity index (χ4n) is 4.99. The number of fused-ring (bicyclic) bond motifs is 2. The van der Waals surface area contributed by atoms with Crippen molar-refractivity contribution >= 4 is 45.9 Å². The van der Waals surface area contributed by atoms with Crippen LogP contribution in [0.25, 0.3) is 16.2 Å². The molecular formula is C24H20N6O4S. The number of urea groups is 1. The molecule has 1 fully saturated rings. The summed E-state index contributed by atoms with van der Waals surface area (Å²) in [5.41, 5.74) is 2.48. The first-order valence-electron chi connectivity index (χ1n) is 11.0. The summed E-state index contributed by atoms with van der Waals surface area (Å²) in [6.45, 7) is -0.168. The highest BCUT2D eigenvalue weighted by Gasteiger charge is 2.54. The maximum Gasteiger partial charge on any atom is 0.336 e. The van der Waals surface area contributed by atoms with Crippen molar-refractivity contribution in [1.82, 2.24) is 24.3 Å². The molecule has 1 saturated heterocycles. The second-order valence-corrected chi connectivity index (χ2v) is 9.62. The van der Waals surface area contributed by atoms with Crippen molar-refractivity contribution in [3.63, 3.8) is 0 Å². The Morgan fingerprint density at radius 1 is 1.11 bits per heavy atom. The third-order valence-corrected chi connectivity index (χ3v) is 7.55. The molecule has 2 aromatic carbocycles. The van der Waals surface area contributed by atoms with E-state index in [1.54, 1.807) is 30.8 Å². The standard InChI is InChI=1S/C24H20N6O4S/c1-28-21(33)27-20(32)24(28)11-14-6-7-16(10-15(14)12-24)26-19(31)13-29-17-4-2-3-5-18(17)30(23(29)34)22-25-8-9-35-22/h2-10H,11-13H2,1H3,(H,26,31)(H,27,32,33). The van der Waals surface area contributed by atoms with Crippen LogP contribution >= 0.6 is 11.3 Å². The first kappa shape index (κ1) is 21.3. The molecule has 4 aromatic rings. The number of hydrogen-bond acceptors (Lipinski definition) is 6. The van der Waals surface area contributed by atoms with E-state index in [4.69, 9.17) is 0 Å². The van der Waals surface area contributed by atoms with Gasteiger partial charge in [0.15, 0.2) is 5.13 Å². The van der Waals surface area contributed by atoms with Gasteiger partial charge in [-0.05, 0) is 35.4 Å². The zero-order chi connectivity index (χ0) is 24.3. The van der Waals surface area contributed by atoms with Gasteiger partial charge in [-0.15, -0.1) is 11.3 Å². The number of rotatable bonds is 4. The topological polar surface area (TPSA) is 118 Å². The summed E-state index contributed by atoms with van der Waals surface area (Å²) in [6.07, 6.45) is 2.43. The second-order valence-electron chi connectivity index (χ2n) is 8.74. The van der Waals surface area contributed by atoms with Crippen LogP contribution in [0.3, 0.4) is 0 Å². The number of likely N-dealkylation sites (N-methyl/N-ethyl adjacent to an activating group) is 1. The average molecular weight is 489 g/mol. The van der Waals surface area contributed by atoms with Gasteiger partial charge in [0.1, 0.15) is 12.1 Å². The van der Waals surface area contributed by atoms with E-state index in [9.17, 15) is 19.2 Å². The third kappa shape index (κ3) is 3.19. The van der Waals surface area contributed by atoms with Crippen molar-refractivity contribution in [2.45, 2.75) is 24.9 Å². The minimum absolute atomic E-state index is 0.168. The summed E-state index contributed by atoms with van der Waals surface area (Å²) in [5, 5.41) is 7.58. The first-order chi connectivity index (χ1) is 16.9. The number of nitrogens with zero attached hydrogens (tertiary/aromatic N) is 4. The van der Waals surface area contributed by atoms with E-state index in [1.807, 2.05) is 30.3 Å². The van der Waals surface area contributed by atoms with Crippen LogP contribution in [0.2, 0.25) is 0 Å². The fraction of sp³-hybridized carbons (Fsp3) is 0.208. The maximum absolute atomic E-state index is 13.2. The van der Waals surface area contributed by atoms with E-state index in [0.717, 1.165) is 11.1 Å². The Morgan fingerprint density at radius 3 is 2.60 bits per heavy atom. The van der Waals surface area contributed by atoms with Gasteiger partial charge in [0, 0.05) is 37.2 Å². The number of amides is 4. The third-order valence-electron chi connectivity index (χ3n) is 6.79. The van der Waals surface area contributed by atoms with E-state index in [0.29, 0.717) is 34.7 Å². The monoisotopic (exact) mass is 488 g/mol. The largest absolute Gasteiger partial charge is 0.336 e. The summed E-state index contributed by atoms with van der Waals surface area (Å²) in [7, 11) is 1.62. The van der Waals surface area contributed by atoms with Crippen LogP contribution in [0.4, 0.5) is 10.5 Å². The van der Waals surface area contributed by atoms with Crippen LogP contribution in [-0.2, 0) is 29.0 Å². The number of anilines is 1. The Kier molecular flexibility index (Phi) is 4.65. The van der Waals surface area contributed by atoms with Gasteiger partial charge in [0.25, 0.3) is 5.91 Å². The molecule has 176 valence electrons. The van der Waals surface area contributed by atoms with Gasteiger partial charge in [0.05, 0.1) is 11.0 Å². The molecule has 1 spiro atoms. The molecule has 2 aromatic heterocycles. The van der Waals surface area contributed by atoms with Gasteiger partial charge in [-0.3, -0.25) is 19.5 Å². The second kappa shape index (κ2) is 7.64. The molecule has 10 nitrogen and oxygen atoms in total. The number of hydrogen-bond donors (Lipinski definition) is 2. The number of nitrogens with one attached hydrogen (secondary N) is 2. The molecule has 11 heteroatoms. The molecule has 4 amide bonds. The van der Waals surface area contributed by atoms with Crippen molar-refractivity contribution < 1.29 is 14.4 Å². The number of imidazole rings is 1. The highest BCUT2D eigenvalue weighted by molar-refractivity contribution is 7.12. The number of thiazole rings is 1. The summed E-state index contributed by atoms with van der Waals surface area (Å²) in [6, 6.07) is 12.3. The van der Waals surface area contributed by atoms with Crippen LogP contribution in [0.15, 0.2) is 58.8 Å². The number of benzene rings is 2. The smallest absolute Gasteiger partial charge is 0.325 e. The molecule has 2 aliphatic rings. The first-order valence-corrected chi connectivity index (χ1v) is 11.9. The van der Waals surface area contributed by atoms with Gasteiger partial charge < -0.3 is 10.2 Å². The lowest BCUT2D eigenvalue weighted by Gasteiger charge is -2.27. The summed E-state index contributed by atoms with van der Waals surface area (Å²) < 4.78 is 2.93. The van der Waals surface area contributed by atoms with Crippen molar-refractivity contribution in [2.75, 3.05) is 12.4 Å². The SMILES string of the molecule is CN1C(=O)NC(=O)C12Cc1ccc(NC(=O)Cn3c(=O)n(-c4nccs4)c4ccccc43)cc1C2. The zero-order valence-corrected chi connectivity index (χ0v) is 19.5. The molecule has 2 N–H and O–H groups in total. The van der Waals surface area contributed by atoms with Crippen LogP contribution in [0, 0.1) is 0 Å². The normalized spacial score (nSPS) is 18.9. The van der Waals surface area contributed by atoms with Crippen LogP contribution < -0.4 is 16.3 Å². The Bertz CT molecular complexity index is 1590. The zero-order valence-electron chi connectivity index (χ0n) is 18.6. The van der Waals surface area contributed by atoms with Gasteiger partial charge in [-0.1, -0.05) is 18.2 Å². The van der Waals surface area contributed by atoms with Crippen LogP contribution in [-0.4, -0.2) is 49.5 Å². The molecule has 6 rings (SSSR count). The minimum atomic E-state index is -0.924. The fourth-order valence-corrected chi connectivity index (χ4v) is 5.64. The van der Waals surface area contributed by atoms with Crippen LogP contribution in [0.5, 0.6) is 0 Å². The molecule has 3 heterocycles. The van der Waals surface area contributed by atoms with E-state index >= 15 is 0 Å². The lowest BCUT2D eigenvalue weighted by Crippen LogP contribution is -2.48. The van der Waals surface area contributed by atoms with E-state index < -0.39 is 11.6 Å². The number of imide groups is 1. The quantitative estimate of drug-likeness (QED) is 0.426. The average Bonchev–Trinajstić information content (AvgIpc) is 3.59. The number of para-hydroxylation sites is 2. The molecule has 1 unspecified atom stereocenters. The van der Waals surface area contributed by atoms with Crippen molar-refractivity contribution in [2.24, 2.45) is 0 Å². The Labute approximate surface area is 202 Å². The lowest BCUT2D eigenvalue weighted by molar-refractivity contribution is -0.125. The van der Waals surface area contributed by atoms with Crippen molar-refractivity contribution in [3.05, 3.63) is 75.7 Å². The summed E-state index contributed by atoms with van der Waals surface area (Å²) >= 11 is 1.34. The molecule has 1 aliphatic carbocycles. The van der Waals surface area contributed by atoms with E-state index in [-0.39, 0.29) is 24.0 Å². The Hall–Kier alpha value is -4.25. The number of carbonyl (C=O) groups is 3. The highest BCUT2D eigenvalue weighted by Crippen LogP contribution is 2.38. The molecule has 0 radical (unpaired) electrons. The lowest BCUT2D eigenvalue weighted by atomic mass is 9.95. The number of aromatic nitrogens is 3. The van der Waals surface area contributed by atoms with E-state index in [2.05, 4.69) is 15.6 Å². The van der Waals surface area contributed by atoms with Gasteiger partial charge in [-0.25, -0.2) is 19.1 Å².